The van der Waals surface area contributed by atoms with E-state index >= 15 is 0 Å². The summed E-state index contributed by atoms with van der Waals surface area (Å²) in [5, 5.41) is 12.8. The van der Waals surface area contributed by atoms with Crippen molar-refractivity contribution >= 4 is 73.5 Å². The van der Waals surface area contributed by atoms with Gasteiger partial charge in [-0.1, -0.05) is 310 Å². The van der Waals surface area contributed by atoms with Crippen molar-refractivity contribution in [2.24, 2.45) is 0 Å². The summed E-state index contributed by atoms with van der Waals surface area (Å²) in [6.45, 7) is 29.8. The summed E-state index contributed by atoms with van der Waals surface area (Å²) < 4.78 is 0. The van der Waals surface area contributed by atoms with Gasteiger partial charge in [-0.25, -0.2) is 6.07 Å². The van der Waals surface area contributed by atoms with Crippen molar-refractivity contribution in [1.29, 1.82) is 0 Å². The van der Waals surface area contributed by atoms with Gasteiger partial charge in [0.15, 0.2) is 0 Å². The van der Waals surface area contributed by atoms with Crippen molar-refractivity contribution < 1.29 is 17.1 Å². The summed E-state index contributed by atoms with van der Waals surface area (Å²) in [5.74, 6) is 0. The minimum atomic E-state index is -2.63. The second kappa shape index (κ2) is 22.5. The van der Waals surface area contributed by atoms with Gasteiger partial charge >= 0.3 is 0 Å². The first-order chi connectivity index (χ1) is 32.3. The van der Waals surface area contributed by atoms with Crippen LogP contribution < -0.4 is 41.5 Å². The van der Waals surface area contributed by atoms with Crippen LogP contribution >= 0.6 is 15.8 Å². The fraction of sp³-hybridized carbons (Fsp3) is 0.281. The first-order valence-electron chi connectivity index (χ1n) is 24.7. The molecule has 0 heterocycles. The van der Waals surface area contributed by atoms with E-state index in [0.29, 0.717) is 0 Å². The van der Waals surface area contributed by atoms with Crippen molar-refractivity contribution in [2.45, 2.75) is 116 Å². The predicted octanol–water partition coefficient (Wildman–Crippen LogP) is 12.7. The van der Waals surface area contributed by atoms with Crippen LogP contribution in [0.3, 0.4) is 0 Å². The van der Waals surface area contributed by atoms with Gasteiger partial charge in [0.05, 0.1) is 0 Å². The fourth-order valence-electron chi connectivity index (χ4n) is 11.3. The standard InChI is InChI=1S/C41H57P2Si.C23H19Si.Fe/c1-38(2,3)42(39(4,5)6)30-32-28-29-37(36(32)31-43(40(7,8)9)41(10,11)12)44(33-22-16-13-17-23-33,34-24-18-14-19-25-34)35-26-20-15-21-27-35;1-4-12-20(13-5-1)24(23-18-10-11-19-23,21-14-6-2-7-15-21)22-16-8-3-9-17-22;/h13-29H,30-31H2,1-12H3;1-19H;/q-1;-5;. The van der Waals surface area contributed by atoms with E-state index in [1.54, 1.807) is 16.3 Å². The van der Waals surface area contributed by atoms with Crippen LogP contribution in [0.15, 0.2) is 218 Å². The number of rotatable bonds is 12. The zero-order valence-electron chi connectivity index (χ0n) is 43.4. The molecule has 0 aromatic heterocycles. The third-order valence-corrected chi connectivity index (χ3v) is 31.2. The van der Waals surface area contributed by atoms with E-state index in [0.717, 1.165) is 0 Å². The summed E-state index contributed by atoms with van der Waals surface area (Å²) in [6, 6.07) is 81.6. The Hall–Kier alpha value is -4.17. The van der Waals surface area contributed by atoms with Gasteiger partial charge in [-0.3, -0.25) is 0 Å². The minimum Gasteiger partial charge on any atom is -0.748 e. The summed E-state index contributed by atoms with van der Waals surface area (Å²) in [4.78, 5) is 0. The zero-order chi connectivity index (χ0) is 48.8. The van der Waals surface area contributed by atoms with Crippen molar-refractivity contribution in [3.05, 3.63) is 230 Å². The van der Waals surface area contributed by atoms with Gasteiger partial charge in [-0.05, 0) is 34.9 Å². The Balaban J connectivity index is 0.000000262. The summed E-state index contributed by atoms with van der Waals surface area (Å²) >= 11 is 0. The first-order valence-corrected chi connectivity index (χ1v) is 31.7. The van der Waals surface area contributed by atoms with Crippen LogP contribution in [0, 0.1) is 0 Å². The molecule has 0 aliphatic carbocycles. The summed E-state index contributed by atoms with van der Waals surface area (Å²) in [5.41, 5.74) is 3.27. The maximum absolute atomic E-state index is 2.63. The van der Waals surface area contributed by atoms with Crippen LogP contribution in [0.5, 0.6) is 0 Å². The van der Waals surface area contributed by atoms with E-state index in [2.05, 4.69) is 301 Å². The Labute approximate surface area is 433 Å². The summed E-state index contributed by atoms with van der Waals surface area (Å²) in [7, 11) is -5.49. The quantitative estimate of drug-likeness (QED) is 0.0495. The molecule has 0 spiro atoms. The molecule has 0 atom stereocenters. The predicted molar refractivity (Wildman–Crippen MR) is 312 cm³/mol. The molecule has 0 saturated heterocycles. The molecule has 0 bridgehead atoms. The maximum atomic E-state index is 2.58. The van der Waals surface area contributed by atoms with Gasteiger partial charge in [0.2, 0.25) is 0 Å². The van der Waals surface area contributed by atoms with Crippen molar-refractivity contribution in [1.82, 2.24) is 0 Å². The minimum absolute atomic E-state index is 0. The largest absolute Gasteiger partial charge is 0.748 e. The molecule has 69 heavy (non-hydrogen) atoms. The van der Waals surface area contributed by atoms with Gasteiger partial charge < -0.3 is 29.5 Å². The van der Waals surface area contributed by atoms with Crippen LogP contribution in [0.4, 0.5) is 0 Å². The number of hydrogen-bond acceptors (Lipinski definition) is 0. The second-order valence-electron chi connectivity index (χ2n) is 22.5. The van der Waals surface area contributed by atoms with Crippen molar-refractivity contribution in [2.75, 3.05) is 0 Å². The molecule has 0 amide bonds. The topological polar surface area (TPSA) is 0 Å². The van der Waals surface area contributed by atoms with Crippen LogP contribution in [-0.2, 0) is 29.4 Å². The Kier molecular flexibility index (Phi) is 17.7. The van der Waals surface area contributed by atoms with Crippen molar-refractivity contribution in [3.8, 4) is 0 Å². The molecule has 0 radical (unpaired) electrons. The molecule has 8 aromatic carbocycles. The molecular formula is C64H76FeP2Si2-6. The van der Waals surface area contributed by atoms with Crippen LogP contribution in [0.2, 0.25) is 0 Å². The monoisotopic (exact) mass is 1020 g/mol. The van der Waals surface area contributed by atoms with E-state index < -0.39 is 16.1 Å². The van der Waals surface area contributed by atoms with Gasteiger partial charge in [0.1, 0.15) is 8.07 Å². The fourth-order valence-corrected chi connectivity index (χ4v) is 28.5. The Morgan fingerprint density at radius 2 is 0.681 bits per heavy atom. The van der Waals surface area contributed by atoms with Gasteiger partial charge in [0, 0.05) is 17.1 Å². The number of hydrogen-bond donors (Lipinski definition) is 0. The maximum Gasteiger partial charge on any atom is 0.112 e. The first kappa shape index (κ1) is 54.2. The molecule has 0 saturated carbocycles. The van der Waals surface area contributed by atoms with E-state index in [4.69, 9.17) is 0 Å². The molecule has 0 fully saturated rings. The molecule has 0 unspecified atom stereocenters. The SMILES string of the molecule is CC(C)(C)P(Cc1c([Si](c2ccccc2)(c2ccccc2)c2ccccc2)cc[c-]1CP(C(C)(C)C)C(C)(C)C)C(C)(C)C.[Fe].c1ccc([Si](c2ccccc2)(c2ccccc2)[c-]2[cH-][cH-][cH-][cH-]2)cc1. The Bertz CT molecular complexity index is 2520. The molecular weight excluding hydrogens is 943 g/mol. The molecule has 0 aliphatic heterocycles. The van der Waals surface area contributed by atoms with Gasteiger partial charge in [0.25, 0.3) is 0 Å². The zero-order valence-corrected chi connectivity index (χ0v) is 48.3. The molecule has 5 heteroatoms. The normalized spacial score (nSPS) is 12.6. The van der Waals surface area contributed by atoms with Gasteiger partial charge in [-0.2, -0.15) is 16.8 Å². The van der Waals surface area contributed by atoms with E-state index in [9.17, 15) is 0 Å². The average Bonchev–Trinajstić information content (AvgIpc) is 4.00. The number of benzene rings is 6. The Morgan fingerprint density at radius 1 is 0.391 bits per heavy atom. The molecule has 0 aliphatic rings. The summed E-state index contributed by atoms with van der Waals surface area (Å²) in [6.07, 6.45) is 2.34. The van der Waals surface area contributed by atoms with Crippen LogP contribution in [-0.4, -0.2) is 36.8 Å². The molecule has 8 rings (SSSR count). The second-order valence-corrected chi connectivity index (χ2v) is 37.8. The third kappa shape index (κ3) is 11.8. The van der Waals surface area contributed by atoms with Gasteiger partial charge in [-0.15, -0.1) is 13.5 Å². The van der Waals surface area contributed by atoms with Crippen LogP contribution in [0.25, 0.3) is 0 Å². The van der Waals surface area contributed by atoms with E-state index in [1.807, 2.05) is 0 Å². The van der Waals surface area contributed by atoms with E-state index in [1.165, 1.54) is 48.6 Å². The third-order valence-electron chi connectivity index (χ3n) is 13.8. The molecule has 8 aromatic rings. The van der Waals surface area contributed by atoms with E-state index in [-0.39, 0.29) is 53.5 Å². The Morgan fingerprint density at radius 3 is 0.971 bits per heavy atom. The molecule has 0 N–H and O–H groups in total. The average molecular weight is 1020 g/mol. The molecule has 364 valence electrons. The van der Waals surface area contributed by atoms with Crippen molar-refractivity contribution in [3.63, 3.8) is 0 Å². The van der Waals surface area contributed by atoms with Crippen LogP contribution in [0.1, 0.15) is 94.2 Å². The molecule has 0 nitrogen and oxygen atoms in total. The smallest absolute Gasteiger partial charge is 0.112 e.